The molecule has 4 heteroatoms. The van der Waals surface area contributed by atoms with Crippen LogP contribution in [-0.2, 0) is 6.42 Å². The van der Waals surface area contributed by atoms with Crippen molar-refractivity contribution in [2.24, 2.45) is 11.8 Å². The fourth-order valence-electron chi connectivity index (χ4n) is 1.22. The van der Waals surface area contributed by atoms with Crippen molar-refractivity contribution in [1.82, 2.24) is 9.97 Å². The molecule has 0 aromatic carbocycles. The number of aromatic nitrogens is 2. The predicted octanol–water partition coefficient (Wildman–Crippen LogP) is 1.27. The molecule has 0 saturated carbocycles. The molecule has 1 rings (SSSR count). The molecule has 4 nitrogen and oxygen atoms in total. The summed E-state index contributed by atoms with van der Waals surface area (Å²) in [6.07, 6.45) is 0.956. The lowest BCUT2D eigenvalue weighted by atomic mass is 10.1. The van der Waals surface area contributed by atoms with Crippen LogP contribution in [0.3, 0.4) is 0 Å². The van der Waals surface area contributed by atoms with E-state index >= 15 is 0 Å². The standard InChI is InChI=1S/C9H16N4/c1-6(2)4-8-5-7(3)11-9(12-8)13-10/h5-6H,4,10H2,1-3H3,(H,11,12,13). The van der Waals surface area contributed by atoms with Crippen molar-refractivity contribution < 1.29 is 0 Å². The Hall–Kier alpha value is -1.16. The van der Waals surface area contributed by atoms with Gasteiger partial charge in [-0.3, -0.25) is 5.43 Å². The van der Waals surface area contributed by atoms with Crippen LogP contribution in [0.4, 0.5) is 5.95 Å². The van der Waals surface area contributed by atoms with Crippen LogP contribution in [0.1, 0.15) is 25.2 Å². The molecule has 3 N–H and O–H groups in total. The van der Waals surface area contributed by atoms with Crippen LogP contribution >= 0.6 is 0 Å². The van der Waals surface area contributed by atoms with E-state index in [0.29, 0.717) is 11.9 Å². The van der Waals surface area contributed by atoms with Crippen molar-refractivity contribution in [3.8, 4) is 0 Å². The fourth-order valence-corrected chi connectivity index (χ4v) is 1.22. The van der Waals surface area contributed by atoms with Gasteiger partial charge in [0.15, 0.2) is 0 Å². The number of nitrogen functional groups attached to an aromatic ring is 1. The van der Waals surface area contributed by atoms with Crippen LogP contribution in [0.15, 0.2) is 6.07 Å². The monoisotopic (exact) mass is 180 g/mol. The third-order valence-electron chi connectivity index (χ3n) is 1.65. The van der Waals surface area contributed by atoms with E-state index in [1.54, 1.807) is 0 Å². The van der Waals surface area contributed by atoms with Crippen molar-refractivity contribution >= 4 is 5.95 Å². The molecule has 0 fully saturated rings. The number of nitrogens with two attached hydrogens (primary N) is 1. The average Bonchev–Trinajstić information content (AvgIpc) is 2.01. The second-order valence-electron chi connectivity index (χ2n) is 3.57. The van der Waals surface area contributed by atoms with Gasteiger partial charge in [-0.25, -0.2) is 15.8 Å². The number of hydrazine groups is 1. The quantitative estimate of drug-likeness (QED) is 0.543. The van der Waals surface area contributed by atoms with Crippen molar-refractivity contribution in [1.29, 1.82) is 0 Å². The minimum Gasteiger partial charge on any atom is -0.292 e. The second-order valence-corrected chi connectivity index (χ2v) is 3.57. The van der Waals surface area contributed by atoms with E-state index in [1.165, 1.54) is 0 Å². The first kappa shape index (κ1) is 9.92. The first-order chi connectivity index (χ1) is 6.11. The van der Waals surface area contributed by atoms with Gasteiger partial charge in [0.05, 0.1) is 0 Å². The van der Waals surface area contributed by atoms with Crippen LogP contribution in [0.25, 0.3) is 0 Å². The summed E-state index contributed by atoms with van der Waals surface area (Å²) in [4.78, 5) is 8.36. The van der Waals surface area contributed by atoms with Gasteiger partial charge in [0.1, 0.15) is 0 Å². The van der Waals surface area contributed by atoms with Crippen molar-refractivity contribution in [3.63, 3.8) is 0 Å². The molecule has 0 aliphatic heterocycles. The maximum Gasteiger partial charge on any atom is 0.237 e. The molecule has 72 valence electrons. The van der Waals surface area contributed by atoms with E-state index in [2.05, 4.69) is 29.2 Å². The molecule has 0 aliphatic rings. The molecule has 0 unspecified atom stereocenters. The highest BCUT2D eigenvalue weighted by atomic mass is 15.3. The van der Waals surface area contributed by atoms with Gasteiger partial charge in [-0.2, -0.15) is 0 Å². The Labute approximate surface area is 78.6 Å². The smallest absolute Gasteiger partial charge is 0.237 e. The van der Waals surface area contributed by atoms with Crippen LogP contribution < -0.4 is 11.3 Å². The van der Waals surface area contributed by atoms with Crippen molar-refractivity contribution in [3.05, 3.63) is 17.5 Å². The molecule has 0 aliphatic carbocycles. The molecule has 0 bridgehead atoms. The average molecular weight is 180 g/mol. The molecule has 0 spiro atoms. The van der Waals surface area contributed by atoms with Gasteiger partial charge in [0.25, 0.3) is 0 Å². The lowest BCUT2D eigenvalue weighted by Gasteiger charge is -2.06. The van der Waals surface area contributed by atoms with E-state index in [0.717, 1.165) is 17.8 Å². The Balaban J connectivity index is 2.88. The molecular formula is C9H16N4. The van der Waals surface area contributed by atoms with Crippen LogP contribution in [0.5, 0.6) is 0 Å². The highest BCUT2D eigenvalue weighted by Crippen LogP contribution is 2.08. The minimum atomic E-state index is 0.496. The number of aryl methyl sites for hydroxylation is 1. The van der Waals surface area contributed by atoms with Crippen LogP contribution in [0.2, 0.25) is 0 Å². The van der Waals surface area contributed by atoms with Crippen LogP contribution in [0, 0.1) is 12.8 Å². The highest BCUT2D eigenvalue weighted by Gasteiger charge is 2.02. The second kappa shape index (κ2) is 4.18. The minimum absolute atomic E-state index is 0.496. The molecular weight excluding hydrogens is 164 g/mol. The van der Waals surface area contributed by atoms with E-state index in [4.69, 9.17) is 5.84 Å². The van der Waals surface area contributed by atoms with Crippen molar-refractivity contribution in [2.45, 2.75) is 27.2 Å². The van der Waals surface area contributed by atoms with Gasteiger partial charge in [-0.05, 0) is 25.3 Å². The highest BCUT2D eigenvalue weighted by molar-refractivity contribution is 5.26. The molecule has 1 aromatic rings. The Morgan fingerprint density at radius 2 is 2.15 bits per heavy atom. The van der Waals surface area contributed by atoms with E-state index in [9.17, 15) is 0 Å². The molecule has 0 radical (unpaired) electrons. The summed E-state index contributed by atoms with van der Waals surface area (Å²) in [5.41, 5.74) is 4.44. The summed E-state index contributed by atoms with van der Waals surface area (Å²) < 4.78 is 0. The van der Waals surface area contributed by atoms with Gasteiger partial charge in [0, 0.05) is 11.4 Å². The van der Waals surface area contributed by atoms with Crippen LogP contribution in [-0.4, -0.2) is 9.97 Å². The Morgan fingerprint density at radius 1 is 1.46 bits per heavy atom. The lowest BCUT2D eigenvalue weighted by molar-refractivity contribution is 0.633. The van der Waals surface area contributed by atoms with Gasteiger partial charge in [-0.15, -0.1) is 0 Å². The summed E-state index contributed by atoms with van der Waals surface area (Å²) in [5.74, 6) is 6.34. The summed E-state index contributed by atoms with van der Waals surface area (Å²) in [5, 5.41) is 0. The summed E-state index contributed by atoms with van der Waals surface area (Å²) in [6.45, 7) is 6.26. The SMILES string of the molecule is Cc1cc(CC(C)C)nc(NN)n1. The van der Waals surface area contributed by atoms with Gasteiger partial charge in [-0.1, -0.05) is 13.8 Å². The summed E-state index contributed by atoms with van der Waals surface area (Å²) in [7, 11) is 0. The van der Waals surface area contributed by atoms with E-state index < -0.39 is 0 Å². The molecule has 1 aromatic heterocycles. The number of nitrogens with zero attached hydrogens (tertiary/aromatic N) is 2. The van der Waals surface area contributed by atoms with Gasteiger partial charge in [0.2, 0.25) is 5.95 Å². The Morgan fingerprint density at radius 3 is 2.69 bits per heavy atom. The number of rotatable bonds is 3. The third kappa shape index (κ3) is 2.99. The van der Waals surface area contributed by atoms with E-state index in [1.807, 2.05) is 13.0 Å². The predicted molar refractivity (Wildman–Crippen MR) is 53.1 cm³/mol. The number of hydrogen-bond donors (Lipinski definition) is 2. The zero-order valence-electron chi connectivity index (χ0n) is 8.33. The third-order valence-corrected chi connectivity index (χ3v) is 1.65. The first-order valence-electron chi connectivity index (χ1n) is 4.43. The zero-order chi connectivity index (χ0) is 9.84. The first-order valence-corrected chi connectivity index (χ1v) is 4.43. The number of hydrogen-bond acceptors (Lipinski definition) is 4. The Kier molecular flexibility index (Phi) is 3.19. The van der Waals surface area contributed by atoms with E-state index in [-0.39, 0.29) is 0 Å². The molecule has 0 saturated heterocycles. The maximum atomic E-state index is 5.24. The molecule has 13 heavy (non-hydrogen) atoms. The molecule has 0 atom stereocenters. The molecule has 1 heterocycles. The molecule has 0 amide bonds. The maximum absolute atomic E-state index is 5.24. The number of nitrogens with one attached hydrogen (secondary N) is 1. The topological polar surface area (TPSA) is 63.8 Å². The van der Waals surface area contributed by atoms with Crippen molar-refractivity contribution in [2.75, 3.05) is 5.43 Å². The summed E-state index contributed by atoms with van der Waals surface area (Å²) >= 11 is 0. The normalized spacial score (nSPS) is 10.5. The zero-order valence-corrected chi connectivity index (χ0v) is 8.33. The fraction of sp³-hybridized carbons (Fsp3) is 0.556. The lowest BCUT2D eigenvalue weighted by Crippen LogP contribution is -2.12. The van der Waals surface area contributed by atoms with Gasteiger partial charge < -0.3 is 0 Å². The summed E-state index contributed by atoms with van der Waals surface area (Å²) in [6, 6.07) is 1.99. The van der Waals surface area contributed by atoms with Gasteiger partial charge >= 0.3 is 0 Å². The number of anilines is 1. The largest absolute Gasteiger partial charge is 0.292 e. The Bertz CT molecular complexity index is 283.